The van der Waals surface area contributed by atoms with Gasteiger partial charge in [-0.2, -0.15) is 0 Å². The van der Waals surface area contributed by atoms with E-state index in [4.69, 9.17) is 0 Å². The maximum absolute atomic E-state index is 12.9. The van der Waals surface area contributed by atoms with Gasteiger partial charge in [-0.3, -0.25) is 14.6 Å². The topological polar surface area (TPSA) is 74.8 Å². The molecule has 1 amide bonds. The summed E-state index contributed by atoms with van der Waals surface area (Å²) in [5.41, 5.74) is 4.12. The highest BCUT2D eigenvalue weighted by Gasteiger charge is 2.23. The van der Waals surface area contributed by atoms with E-state index in [2.05, 4.69) is 15.3 Å². The predicted molar refractivity (Wildman–Crippen MR) is 96.7 cm³/mol. The molecule has 3 aromatic rings. The van der Waals surface area contributed by atoms with Crippen molar-refractivity contribution in [2.24, 2.45) is 0 Å². The lowest BCUT2D eigenvalue weighted by molar-refractivity contribution is 0.0934. The number of aromatic amines is 1. The number of rotatable bonds is 2. The van der Waals surface area contributed by atoms with E-state index in [1.165, 1.54) is 6.07 Å². The second kappa shape index (κ2) is 6.16. The molecule has 1 atom stereocenters. The number of nitrogens with zero attached hydrogens (tertiary/aromatic N) is 1. The largest absolute Gasteiger partial charge is 0.345 e. The molecule has 0 fully saturated rings. The summed E-state index contributed by atoms with van der Waals surface area (Å²) in [7, 11) is 0. The van der Waals surface area contributed by atoms with E-state index in [9.17, 15) is 9.59 Å². The number of nitrogens with one attached hydrogen (secondary N) is 2. The Morgan fingerprint density at radius 3 is 2.96 bits per heavy atom. The van der Waals surface area contributed by atoms with Crippen LogP contribution in [-0.4, -0.2) is 15.9 Å². The summed E-state index contributed by atoms with van der Waals surface area (Å²) in [6.07, 6.45) is 2.65. The molecule has 0 spiro atoms. The quantitative estimate of drug-likeness (QED) is 0.757. The van der Waals surface area contributed by atoms with Crippen molar-refractivity contribution in [3.05, 3.63) is 75.3 Å². The average molecular weight is 333 g/mol. The lowest BCUT2D eigenvalue weighted by Crippen LogP contribution is -2.32. The van der Waals surface area contributed by atoms with Gasteiger partial charge in [0.25, 0.3) is 5.91 Å². The molecule has 126 valence electrons. The number of amides is 1. The predicted octanol–water partition coefficient (Wildman–Crippen LogP) is 3.04. The van der Waals surface area contributed by atoms with Crippen molar-refractivity contribution >= 4 is 16.8 Å². The first kappa shape index (κ1) is 15.6. The molecule has 0 unspecified atom stereocenters. The van der Waals surface area contributed by atoms with E-state index in [-0.39, 0.29) is 17.5 Å². The summed E-state index contributed by atoms with van der Waals surface area (Å²) in [5.74, 6) is -0.106. The number of carbonyl (C=O) groups is 1. The molecule has 2 aromatic heterocycles. The van der Waals surface area contributed by atoms with Gasteiger partial charge in [-0.15, -0.1) is 0 Å². The van der Waals surface area contributed by atoms with E-state index in [1.54, 1.807) is 0 Å². The Kier molecular flexibility index (Phi) is 3.84. The Morgan fingerprint density at radius 1 is 1.24 bits per heavy atom. The van der Waals surface area contributed by atoms with Gasteiger partial charge in [-0.1, -0.05) is 18.2 Å². The van der Waals surface area contributed by atoms with Crippen LogP contribution in [0.25, 0.3) is 10.9 Å². The molecular weight excluding hydrogens is 314 g/mol. The van der Waals surface area contributed by atoms with Crippen molar-refractivity contribution in [3.8, 4) is 0 Å². The van der Waals surface area contributed by atoms with Crippen LogP contribution in [0.5, 0.6) is 0 Å². The molecule has 2 N–H and O–H groups in total. The van der Waals surface area contributed by atoms with Crippen LogP contribution in [0.1, 0.15) is 46.2 Å². The van der Waals surface area contributed by atoms with E-state index >= 15 is 0 Å². The van der Waals surface area contributed by atoms with Crippen LogP contribution in [0.4, 0.5) is 0 Å². The molecule has 1 aliphatic carbocycles. The van der Waals surface area contributed by atoms with Crippen molar-refractivity contribution < 1.29 is 4.79 Å². The highest BCUT2D eigenvalue weighted by molar-refractivity contribution is 6.06. The average Bonchev–Trinajstić information content (AvgIpc) is 2.60. The minimum Gasteiger partial charge on any atom is -0.345 e. The van der Waals surface area contributed by atoms with Crippen LogP contribution in [0.15, 0.2) is 47.3 Å². The first-order chi connectivity index (χ1) is 12.1. The molecule has 1 aliphatic rings. The summed E-state index contributed by atoms with van der Waals surface area (Å²) >= 11 is 0. The smallest absolute Gasteiger partial charge is 0.252 e. The maximum Gasteiger partial charge on any atom is 0.252 e. The summed E-state index contributed by atoms with van der Waals surface area (Å²) in [5, 5.41) is 3.99. The third-order valence-corrected chi connectivity index (χ3v) is 4.73. The molecule has 0 saturated carbocycles. The van der Waals surface area contributed by atoms with Gasteiger partial charge in [0.15, 0.2) is 0 Å². The number of fused-ring (bicyclic) bond motifs is 2. The van der Waals surface area contributed by atoms with E-state index in [0.29, 0.717) is 5.56 Å². The lowest BCUT2D eigenvalue weighted by atomic mass is 9.91. The van der Waals surface area contributed by atoms with Crippen LogP contribution in [-0.2, 0) is 6.42 Å². The number of aryl methyl sites for hydroxylation is 2. The minimum absolute atomic E-state index is 0.0830. The van der Waals surface area contributed by atoms with Gasteiger partial charge < -0.3 is 10.3 Å². The zero-order valence-corrected chi connectivity index (χ0v) is 14.0. The minimum atomic E-state index is -0.106. The van der Waals surface area contributed by atoms with Gasteiger partial charge in [0.1, 0.15) is 0 Å². The molecule has 0 saturated heterocycles. The summed E-state index contributed by atoms with van der Waals surface area (Å²) in [4.78, 5) is 31.9. The fourth-order valence-corrected chi connectivity index (χ4v) is 3.58. The molecule has 1 aromatic carbocycles. The maximum atomic E-state index is 12.9. The Balaban J connectivity index is 1.69. The van der Waals surface area contributed by atoms with Gasteiger partial charge in [0, 0.05) is 22.8 Å². The molecule has 25 heavy (non-hydrogen) atoms. The Bertz CT molecular complexity index is 1020. The van der Waals surface area contributed by atoms with Crippen LogP contribution in [0.3, 0.4) is 0 Å². The Labute approximate surface area is 145 Å². The van der Waals surface area contributed by atoms with Gasteiger partial charge in [-0.25, -0.2) is 0 Å². The Hall–Kier alpha value is -2.95. The zero-order chi connectivity index (χ0) is 17.4. The summed E-state index contributed by atoms with van der Waals surface area (Å²) in [6, 6.07) is 12.8. The standard InChI is InChI=1S/C20H19N3O2/c1-12-11-15(13-5-2-3-6-16(13)21-12)20(25)23-18-8-4-7-17-14(18)9-10-19(24)22-17/h2-3,5-6,9-11,18H,4,7-8H2,1H3,(H,22,24)(H,23,25)/t18-/m0/s1. The SMILES string of the molecule is Cc1cc(C(=O)N[C@H]2CCCc3[nH]c(=O)ccc32)c2ccccc2n1. The molecule has 0 radical (unpaired) electrons. The number of benzene rings is 1. The molecular formula is C20H19N3O2. The van der Waals surface area contributed by atoms with Crippen molar-refractivity contribution in [1.29, 1.82) is 0 Å². The molecule has 2 heterocycles. The highest BCUT2D eigenvalue weighted by Crippen LogP contribution is 2.28. The normalized spacial score (nSPS) is 16.4. The zero-order valence-electron chi connectivity index (χ0n) is 14.0. The van der Waals surface area contributed by atoms with Crippen molar-refractivity contribution in [2.75, 3.05) is 0 Å². The first-order valence-electron chi connectivity index (χ1n) is 8.51. The summed E-state index contributed by atoms with van der Waals surface area (Å²) in [6.45, 7) is 1.89. The number of hydrogen-bond acceptors (Lipinski definition) is 3. The van der Waals surface area contributed by atoms with E-state index in [0.717, 1.165) is 47.1 Å². The molecule has 0 aliphatic heterocycles. The molecule has 4 rings (SSSR count). The molecule has 5 heteroatoms. The molecule has 0 bridgehead atoms. The monoisotopic (exact) mass is 333 g/mol. The van der Waals surface area contributed by atoms with Gasteiger partial charge in [0.2, 0.25) is 5.56 Å². The number of carbonyl (C=O) groups excluding carboxylic acids is 1. The van der Waals surface area contributed by atoms with Gasteiger partial charge in [-0.05, 0) is 49.9 Å². The summed E-state index contributed by atoms with van der Waals surface area (Å²) < 4.78 is 0. The second-order valence-electron chi connectivity index (χ2n) is 6.50. The fraction of sp³-hybridized carbons (Fsp3) is 0.250. The van der Waals surface area contributed by atoms with Crippen molar-refractivity contribution in [3.63, 3.8) is 0 Å². The van der Waals surface area contributed by atoms with E-state index < -0.39 is 0 Å². The van der Waals surface area contributed by atoms with Gasteiger partial charge in [0.05, 0.1) is 17.1 Å². The van der Waals surface area contributed by atoms with Crippen LogP contribution >= 0.6 is 0 Å². The van der Waals surface area contributed by atoms with E-state index in [1.807, 2.05) is 43.3 Å². The van der Waals surface area contributed by atoms with Crippen molar-refractivity contribution in [1.82, 2.24) is 15.3 Å². The third kappa shape index (κ3) is 2.93. The number of pyridine rings is 2. The number of para-hydroxylation sites is 1. The Morgan fingerprint density at radius 2 is 2.08 bits per heavy atom. The number of aromatic nitrogens is 2. The number of H-pyrrole nitrogens is 1. The van der Waals surface area contributed by atoms with Crippen molar-refractivity contribution in [2.45, 2.75) is 32.2 Å². The molecule has 5 nitrogen and oxygen atoms in total. The van der Waals surface area contributed by atoms with Crippen LogP contribution in [0.2, 0.25) is 0 Å². The second-order valence-corrected chi connectivity index (χ2v) is 6.50. The number of hydrogen-bond donors (Lipinski definition) is 2. The van der Waals surface area contributed by atoms with Gasteiger partial charge >= 0.3 is 0 Å². The van der Waals surface area contributed by atoms with Crippen LogP contribution in [0, 0.1) is 6.92 Å². The fourth-order valence-electron chi connectivity index (χ4n) is 3.58. The highest BCUT2D eigenvalue weighted by atomic mass is 16.1. The third-order valence-electron chi connectivity index (χ3n) is 4.73. The van der Waals surface area contributed by atoms with Crippen LogP contribution < -0.4 is 10.9 Å². The first-order valence-corrected chi connectivity index (χ1v) is 8.51. The lowest BCUT2D eigenvalue weighted by Gasteiger charge is -2.26.